The molecule has 0 radical (unpaired) electrons. The van der Waals surface area contributed by atoms with E-state index >= 15 is 0 Å². The summed E-state index contributed by atoms with van der Waals surface area (Å²) in [5.41, 5.74) is 0.468. The van der Waals surface area contributed by atoms with E-state index in [0.717, 1.165) is 0 Å². The smallest absolute Gasteiger partial charge is 0.343 e. The fourth-order valence-electron chi connectivity index (χ4n) is 1.78. The SMILES string of the molecule is CCOC(C)Oc1ccc(C(=O)Oc2ccccc2)cc1. The fourth-order valence-corrected chi connectivity index (χ4v) is 1.78. The van der Waals surface area contributed by atoms with Crippen molar-refractivity contribution in [1.29, 1.82) is 0 Å². The molecule has 0 bridgehead atoms. The third-order valence-electron chi connectivity index (χ3n) is 2.75. The molecule has 0 amide bonds. The normalized spacial score (nSPS) is 11.7. The lowest BCUT2D eigenvalue weighted by Crippen LogP contribution is -2.16. The maximum Gasteiger partial charge on any atom is 0.343 e. The largest absolute Gasteiger partial charge is 0.465 e. The van der Waals surface area contributed by atoms with Gasteiger partial charge in [0.25, 0.3) is 0 Å². The van der Waals surface area contributed by atoms with Crippen molar-refractivity contribution in [2.45, 2.75) is 20.1 Å². The van der Waals surface area contributed by atoms with Gasteiger partial charge in [-0.15, -0.1) is 0 Å². The number of para-hydroxylation sites is 1. The average molecular weight is 286 g/mol. The zero-order valence-electron chi connectivity index (χ0n) is 12.1. The molecule has 0 N–H and O–H groups in total. The molecule has 110 valence electrons. The van der Waals surface area contributed by atoms with Gasteiger partial charge >= 0.3 is 5.97 Å². The van der Waals surface area contributed by atoms with Gasteiger partial charge in [-0.3, -0.25) is 0 Å². The molecule has 1 atom stereocenters. The highest BCUT2D eigenvalue weighted by Gasteiger charge is 2.09. The van der Waals surface area contributed by atoms with Gasteiger partial charge in [-0.1, -0.05) is 18.2 Å². The Bertz CT molecular complexity index is 563. The molecule has 1 unspecified atom stereocenters. The summed E-state index contributed by atoms with van der Waals surface area (Å²) in [7, 11) is 0. The topological polar surface area (TPSA) is 44.8 Å². The second kappa shape index (κ2) is 7.45. The molecule has 4 nitrogen and oxygen atoms in total. The second-order valence-corrected chi connectivity index (χ2v) is 4.37. The van der Waals surface area contributed by atoms with Gasteiger partial charge in [-0.05, 0) is 50.2 Å². The Morgan fingerprint density at radius 2 is 1.67 bits per heavy atom. The zero-order chi connectivity index (χ0) is 15.1. The van der Waals surface area contributed by atoms with Crippen molar-refractivity contribution >= 4 is 5.97 Å². The summed E-state index contributed by atoms with van der Waals surface area (Å²) in [5.74, 6) is 0.769. The summed E-state index contributed by atoms with van der Waals surface area (Å²) in [5, 5.41) is 0. The summed E-state index contributed by atoms with van der Waals surface area (Å²) in [6.45, 7) is 4.31. The van der Waals surface area contributed by atoms with Gasteiger partial charge < -0.3 is 14.2 Å². The predicted molar refractivity (Wildman–Crippen MR) is 79.6 cm³/mol. The van der Waals surface area contributed by atoms with Crippen LogP contribution < -0.4 is 9.47 Å². The molecular formula is C17H18O4. The lowest BCUT2D eigenvalue weighted by atomic mass is 10.2. The predicted octanol–water partition coefficient (Wildman–Crippen LogP) is 3.67. The highest BCUT2D eigenvalue weighted by atomic mass is 16.7. The molecular weight excluding hydrogens is 268 g/mol. The number of carbonyl (C=O) groups is 1. The van der Waals surface area contributed by atoms with E-state index < -0.39 is 5.97 Å². The van der Waals surface area contributed by atoms with Gasteiger partial charge in [0.2, 0.25) is 0 Å². The molecule has 0 aliphatic heterocycles. The molecule has 0 spiro atoms. The van der Waals surface area contributed by atoms with Crippen molar-refractivity contribution in [3.05, 3.63) is 60.2 Å². The molecule has 2 aromatic rings. The first-order valence-electron chi connectivity index (χ1n) is 6.84. The van der Waals surface area contributed by atoms with E-state index in [0.29, 0.717) is 23.7 Å². The molecule has 0 fully saturated rings. The zero-order valence-corrected chi connectivity index (χ0v) is 12.1. The first-order valence-corrected chi connectivity index (χ1v) is 6.84. The van der Waals surface area contributed by atoms with Crippen molar-refractivity contribution in [3.8, 4) is 11.5 Å². The summed E-state index contributed by atoms with van der Waals surface area (Å²) < 4.78 is 16.1. The van der Waals surface area contributed by atoms with E-state index in [4.69, 9.17) is 14.2 Å². The number of rotatable bonds is 6. The van der Waals surface area contributed by atoms with Gasteiger partial charge in [0.15, 0.2) is 6.29 Å². The van der Waals surface area contributed by atoms with Crippen molar-refractivity contribution < 1.29 is 19.0 Å². The van der Waals surface area contributed by atoms with Gasteiger partial charge in [0.05, 0.1) is 5.56 Å². The first-order chi connectivity index (χ1) is 10.2. The lowest BCUT2D eigenvalue weighted by molar-refractivity contribution is -0.0613. The minimum Gasteiger partial charge on any atom is -0.465 e. The van der Waals surface area contributed by atoms with Crippen LogP contribution in [0.15, 0.2) is 54.6 Å². The number of benzene rings is 2. The fraction of sp³-hybridized carbons (Fsp3) is 0.235. The molecule has 2 rings (SSSR count). The van der Waals surface area contributed by atoms with Crippen LogP contribution in [0.25, 0.3) is 0 Å². The van der Waals surface area contributed by atoms with Crippen LogP contribution in [0.3, 0.4) is 0 Å². The highest BCUT2D eigenvalue weighted by molar-refractivity contribution is 5.91. The Kier molecular flexibility index (Phi) is 5.35. The van der Waals surface area contributed by atoms with Gasteiger partial charge in [-0.25, -0.2) is 4.79 Å². The Morgan fingerprint density at radius 1 is 1.00 bits per heavy atom. The molecule has 4 heteroatoms. The van der Waals surface area contributed by atoms with Crippen LogP contribution in [-0.4, -0.2) is 18.9 Å². The van der Waals surface area contributed by atoms with E-state index in [1.54, 1.807) is 36.4 Å². The first kappa shape index (κ1) is 15.1. The second-order valence-electron chi connectivity index (χ2n) is 4.37. The number of hydrogen-bond donors (Lipinski definition) is 0. The van der Waals surface area contributed by atoms with Gasteiger partial charge in [-0.2, -0.15) is 0 Å². The summed E-state index contributed by atoms with van der Waals surface area (Å²) in [6.07, 6.45) is -0.322. The van der Waals surface area contributed by atoms with Crippen LogP contribution in [-0.2, 0) is 4.74 Å². The van der Waals surface area contributed by atoms with Crippen molar-refractivity contribution in [2.24, 2.45) is 0 Å². The lowest BCUT2D eigenvalue weighted by Gasteiger charge is -2.14. The Hall–Kier alpha value is -2.33. The Labute approximate surface area is 124 Å². The molecule has 21 heavy (non-hydrogen) atoms. The molecule has 0 saturated heterocycles. The van der Waals surface area contributed by atoms with E-state index in [-0.39, 0.29) is 6.29 Å². The van der Waals surface area contributed by atoms with E-state index in [2.05, 4.69) is 0 Å². The number of hydrogen-bond acceptors (Lipinski definition) is 4. The van der Waals surface area contributed by atoms with Crippen molar-refractivity contribution in [3.63, 3.8) is 0 Å². The monoisotopic (exact) mass is 286 g/mol. The van der Waals surface area contributed by atoms with Crippen molar-refractivity contribution in [2.75, 3.05) is 6.61 Å². The molecule has 2 aromatic carbocycles. The van der Waals surface area contributed by atoms with Crippen LogP contribution >= 0.6 is 0 Å². The molecule has 0 heterocycles. The number of esters is 1. The highest BCUT2D eigenvalue weighted by Crippen LogP contribution is 2.16. The summed E-state index contributed by atoms with van der Waals surface area (Å²) in [6, 6.07) is 15.7. The van der Waals surface area contributed by atoms with Crippen LogP contribution in [0.2, 0.25) is 0 Å². The molecule has 0 saturated carbocycles. The standard InChI is InChI=1S/C17H18O4/c1-3-19-13(2)20-16-11-9-14(10-12-16)17(18)21-15-7-5-4-6-8-15/h4-13H,3H2,1-2H3. The van der Waals surface area contributed by atoms with Crippen LogP contribution in [0.4, 0.5) is 0 Å². The van der Waals surface area contributed by atoms with Gasteiger partial charge in [0, 0.05) is 6.61 Å². The Morgan fingerprint density at radius 3 is 2.29 bits per heavy atom. The maximum absolute atomic E-state index is 12.0. The maximum atomic E-state index is 12.0. The minimum atomic E-state index is -0.398. The van der Waals surface area contributed by atoms with Crippen LogP contribution in [0.1, 0.15) is 24.2 Å². The van der Waals surface area contributed by atoms with E-state index in [9.17, 15) is 4.79 Å². The number of ether oxygens (including phenoxy) is 3. The minimum absolute atomic E-state index is 0.322. The quantitative estimate of drug-likeness (QED) is 0.462. The summed E-state index contributed by atoms with van der Waals surface area (Å²) >= 11 is 0. The third-order valence-corrected chi connectivity index (χ3v) is 2.75. The third kappa shape index (κ3) is 4.61. The molecule has 0 aliphatic carbocycles. The Balaban J connectivity index is 1.97. The van der Waals surface area contributed by atoms with E-state index in [1.807, 2.05) is 32.0 Å². The van der Waals surface area contributed by atoms with Crippen molar-refractivity contribution in [1.82, 2.24) is 0 Å². The molecule has 0 aliphatic rings. The molecule has 0 aromatic heterocycles. The number of carbonyl (C=O) groups excluding carboxylic acids is 1. The van der Waals surface area contributed by atoms with Crippen LogP contribution in [0, 0.1) is 0 Å². The summed E-state index contributed by atoms with van der Waals surface area (Å²) in [4.78, 5) is 12.0. The van der Waals surface area contributed by atoms with Gasteiger partial charge in [0.1, 0.15) is 11.5 Å². The van der Waals surface area contributed by atoms with Crippen LogP contribution in [0.5, 0.6) is 11.5 Å². The van der Waals surface area contributed by atoms with E-state index in [1.165, 1.54) is 0 Å². The average Bonchev–Trinajstić information content (AvgIpc) is 2.49.